The highest BCUT2D eigenvalue weighted by Gasteiger charge is 2.26. The first kappa shape index (κ1) is 15.5. The molecule has 0 spiro atoms. The normalized spacial score (nSPS) is 19.2. The molecule has 1 aliphatic heterocycles. The lowest BCUT2D eigenvalue weighted by Crippen LogP contribution is -2.53. The van der Waals surface area contributed by atoms with Gasteiger partial charge in [0.2, 0.25) is 0 Å². The average molecular weight is 295 g/mol. The summed E-state index contributed by atoms with van der Waals surface area (Å²) in [5.41, 5.74) is 0.705. The Bertz CT molecular complexity index is 467. The van der Waals surface area contributed by atoms with Crippen molar-refractivity contribution in [3.8, 4) is 0 Å². The van der Waals surface area contributed by atoms with Crippen molar-refractivity contribution in [2.24, 2.45) is 0 Å². The van der Waals surface area contributed by atoms with Crippen LogP contribution in [0.15, 0.2) is 24.3 Å². The molecule has 0 amide bonds. The molecule has 1 unspecified atom stereocenters. The zero-order valence-electron chi connectivity index (χ0n) is 12.5. The van der Waals surface area contributed by atoms with Gasteiger partial charge in [0.25, 0.3) is 0 Å². The summed E-state index contributed by atoms with van der Waals surface area (Å²) in [5.74, 6) is 0.158. The van der Waals surface area contributed by atoms with Crippen LogP contribution in [-0.4, -0.2) is 53.8 Å². The fourth-order valence-corrected chi connectivity index (χ4v) is 2.88. The summed E-state index contributed by atoms with van der Waals surface area (Å²) in [7, 11) is 0. The molecule has 3 nitrogen and oxygen atoms in total. The topological polar surface area (TPSA) is 23.6 Å². The van der Waals surface area contributed by atoms with Crippen molar-refractivity contribution in [3.63, 3.8) is 0 Å². The highest BCUT2D eigenvalue weighted by Crippen LogP contribution is 2.16. The second-order valence-corrected chi connectivity index (χ2v) is 6.15. The number of benzene rings is 1. The first-order chi connectivity index (χ1) is 9.49. The minimum absolute atomic E-state index is 0.0808. The van der Waals surface area contributed by atoms with Gasteiger partial charge in [-0.15, -0.1) is 0 Å². The molecule has 1 aliphatic rings. The molecule has 1 atom stereocenters. The summed E-state index contributed by atoms with van der Waals surface area (Å²) in [4.78, 5) is 17.2. The van der Waals surface area contributed by atoms with Gasteiger partial charge in [-0.2, -0.15) is 0 Å². The van der Waals surface area contributed by atoms with E-state index in [9.17, 15) is 4.79 Å². The Morgan fingerprint density at radius 2 is 1.70 bits per heavy atom. The Labute approximate surface area is 126 Å². The molecule has 1 fully saturated rings. The third-order valence-electron chi connectivity index (χ3n) is 4.12. The van der Waals surface area contributed by atoms with Gasteiger partial charge in [-0.3, -0.25) is 14.6 Å². The standard InChI is InChI=1S/C16H23ClN2O/c1-12(2)18-7-9-19(10-8-18)13(3)16(20)14-5-4-6-15(17)11-14/h4-6,11-13H,7-10H2,1-3H3. The van der Waals surface area contributed by atoms with Crippen LogP contribution >= 0.6 is 11.6 Å². The van der Waals surface area contributed by atoms with E-state index in [1.165, 1.54) is 0 Å². The molecule has 1 aromatic rings. The number of rotatable bonds is 4. The fourth-order valence-electron chi connectivity index (χ4n) is 2.69. The quantitative estimate of drug-likeness (QED) is 0.798. The van der Waals surface area contributed by atoms with Crippen molar-refractivity contribution < 1.29 is 4.79 Å². The SMILES string of the molecule is CC(C)N1CCN(C(C)C(=O)c2cccc(Cl)c2)CC1. The molecule has 110 valence electrons. The van der Waals surface area contributed by atoms with E-state index in [-0.39, 0.29) is 11.8 Å². The van der Waals surface area contributed by atoms with Crippen molar-refractivity contribution >= 4 is 17.4 Å². The molecule has 0 saturated carbocycles. The smallest absolute Gasteiger partial charge is 0.179 e. The lowest BCUT2D eigenvalue weighted by atomic mass is 10.0. The van der Waals surface area contributed by atoms with E-state index >= 15 is 0 Å². The summed E-state index contributed by atoms with van der Waals surface area (Å²) >= 11 is 5.96. The Hall–Kier alpha value is -0.900. The van der Waals surface area contributed by atoms with Gasteiger partial charge >= 0.3 is 0 Å². The zero-order valence-corrected chi connectivity index (χ0v) is 13.2. The van der Waals surface area contributed by atoms with E-state index in [1.54, 1.807) is 12.1 Å². The zero-order chi connectivity index (χ0) is 14.7. The lowest BCUT2D eigenvalue weighted by molar-refractivity contribution is 0.0639. The number of hydrogen-bond acceptors (Lipinski definition) is 3. The minimum Gasteiger partial charge on any atom is -0.298 e. The van der Waals surface area contributed by atoms with Crippen LogP contribution in [0.3, 0.4) is 0 Å². The fraction of sp³-hybridized carbons (Fsp3) is 0.562. The highest BCUT2D eigenvalue weighted by atomic mass is 35.5. The number of piperazine rings is 1. The molecule has 1 heterocycles. The van der Waals surface area contributed by atoms with Gasteiger partial charge in [-0.25, -0.2) is 0 Å². The van der Waals surface area contributed by atoms with Crippen molar-refractivity contribution in [3.05, 3.63) is 34.9 Å². The maximum absolute atomic E-state index is 12.5. The molecule has 0 bridgehead atoms. The molecule has 20 heavy (non-hydrogen) atoms. The molecule has 1 saturated heterocycles. The summed E-state index contributed by atoms with van der Waals surface area (Å²) < 4.78 is 0. The molecular formula is C16H23ClN2O. The number of hydrogen-bond donors (Lipinski definition) is 0. The lowest BCUT2D eigenvalue weighted by Gasteiger charge is -2.39. The van der Waals surface area contributed by atoms with Crippen LogP contribution in [0, 0.1) is 0 Å². The predicted molar refractivity (Wildman–Crippen MR) is 83.5 cm³/mol. The van der Waals surface area contributed by atoms with Gasteiger partial charge in [0.05, 0.1) is 6.04 Å². The van der Waals surface area contributed by atoms with Crippen molar-refractivity contribution in [2.45, 2.75) is 32.9 Å². The molecule has 0 N–H and O–H groups in total. The number of carbonyl (C=O) groups excluding carboxylic acids is 1. The van der Waals surface area contributed by atoms with Gasteiger partial charge in [-0.05, 0) is 32.9 Å². The van der Waals surface area contributed by atoms with Crippen LogP contribution < -0.4 is 0 Å². The third kappa shape index (κ3) is 3.60. The Morgan fingerprint density at radius 1 is 1.10 bits per heavy atom. The molecule has 2 rings (SSSR count). The first-order valence-electron chi connectivity index (χ1n) is 7.27. The number of ketones is 1. The van der Waals surface area contributed by atoms with Crippen LogP contribution in [0.25, 0.3) is 0 Å². The van der Waals surface area contributed by atoms with Gasteiger partial charge < -0.3 is 0 Å². The third-order valence-corrected chi connectivity index (χ3v) is 4.35. The van der Waals surface area contributed by atoms with E-state index in [4.69, 9.17) is 11.6 Å². The molecule has 0 radical (unpaired) electrons. The number of carbonyl (C=O) groups is 1. The largest absolute Gasteiger partial charge is 0.298 e. The number of Topliss-reactive ketones (excluding diaryl/α,β-unsaturated/α-hetero) is 1. The second-order valence-electron chi connectivity index (χ2n) is 5.72. The predicted octanol–water partition coefficient (Wildman–Crippen LogP) is 2.94. The van der Waals surface area contributed by atoms with E-state index in [2.05, 4.69) is 23.6 Å². The summed E-state index contributed by atoms with van der Waals surface area (Å²) in [6, 6.07) is 7.72. The molecule has 1 aromatic carbocycles. The Kier molecular flexibility index (Phi) is 5.19. The monoisotopic (exact) mass is 294 g/mol. The van der Waals surface area contributed by atoms with E-state index in [1.807, 2.05) is 19.1 Å². The van der Waals surface area contributed by atoms with Crippen molar-refractivity contribution in [1.82, 2.24) is 9.80 Å². The van der Waals surface area contributed by atoms with Crippen LogP contribution in [0.4, 0.5) is 0 Å². The van der Waals surface area contributed by atoms with Crippen LogP contribution in [0.1, 0.15) is 31.1 Å². The van der Waals surface area contributed by atoms with Crippen LogP contribution in [0.5, 0.6) is 0 Å². The van der Waals surface area contributed by atoms with E-state index in [0.29, 0.717) is 16.6 Å². The maximum Gasteiger partial charge on any atom is 0.179 e. The average Bonchev–Trinajstić information content (AvgIpc) is 2.46. The van der Waals surface area contributed by atoms with Gasteiger partial charge in [0, 0.05) is 42.8 Å². The summed E-state index contributed by atoms with van der Waals surface area (Å²) in [6.45, 7) is 10.4. The van der Waals surface area contributed by atoms with Gasteiger partial charge in [0.1, 0.15) is 0 Å². The number of halogens is 1. The van der Waals surface area contributed by atoms with Crippen molar-refractivity contribution in [2.75, 3.05) is 26.2 Å². The Balaban J connectivity index is 1.98. The molecule has 0 aromatic heterocycles. The van der Waals surface area contributed by atoms with Crippen LogP contribution in [0.2, 0.25) is 5.02 Å². The van der Waals surface area contributed by atoms with E-state index < -0.39 is 0 Å². The minimum atomic E-state index is -0.0808. The summed E-state index contributed by atoms with van der Waals surface area (Å²) in [6.07, 6.45) is 0. The number of nitrogens with zero attached hydrogens (tertiary/aromatic N) is 2. The first-order valence-corrected chi connectivity index (χ1v) is 7.64. The molecule has 0 aliphatic carbocycles. The second kappa shape index (κ2) is 6.70. The molecule has 4 heteroatoms. The highest BCUT2D eigenvalue weighted by molar-refractivity contribution is 6.31. The van der Waals surface area contributed by atoms with Crippen LogP contribution in [-0.2, 0) is 0 Å². The Morgan fingerprint density at radius 3 is 2.25 bits per heavy atom. The summed E-state index contributed by atoms with van der Waals surface area (Å²) in [5, 5.41) is 0.618. The van der Waals surface area contributed by atoms with E-state index in [0.717, 1.165) is 26.2 Å². The van der Waals surface area contributed by atoms with Gasteiger partial charge in [0.15, 0.2) is 5.78 Å². The molecular weight excluding hydrogens is 272 g/mol. The van der Waals surface area contributed by atoms with Crippen molar-refractivity contribution in [1.29, 1.82) is 0 Å². The van der Waals surface area contributed by atoms with Gasteiger partial charge in [-0.1, -0.05) is 23.7 Å². The maximum atomic E-state index is 12.5.